The quantitative estimate of drug-likeness (QED) is 0.175. The molecule has 1 heterocycles. The van der Waals surface area contributed by atoms with Crippen LogP contribution in [0.25, 0.3) is 87.6 Å². The predicted octanol–water partition coefficient (Wildman–Crippen LogP) is 13.1. The number of fused-ring (bicyclic) bond motifs is 16. The maximum absolute atomic E-state index is 6.71. The summed E-state index contributed by atoms with van der Waals surface area (Å²) in [5.74, 6) is 0. The van der Waals surface area contributed by atoms with Crippen molar-refractivity contribution in [2.24, 2.45) is 0 Å². The fourth-order valence-electron chi connectivity index (χ4n) is 9.74. The minimum atomic E-state index is -0.454. The van der Waals surface area contributed by atoms with E-state index in [2.05, 4.69) is 170 Å². The smallest absolute Gasteiger partial charge is 0.136 e. The molecule has 0 amide bonds. The Hall–Kier alpha value is -6.44. The molecule has 0 fully saturated rings. The van der Waals surface area contributed by atoms with E-state index >= 15 is 0 Å². The van der Waals surface area contributed by atoms with Crippen LogP contribution in [-0.2, 0) is 5.41 Å². The SMILES string of the molecule is c1ccc2c(c1)-c1ccc(-c3cc4oc5ccc6ccccc6c5c4c4ccccc34)cc1C21c2ccccc2-c2cccc3cccc1c23. The van der Waals surface area contributed by atoms with E-state index in [-0.39, 0.29) is 0 Å². The van der Waals surface area contributed by atoms with E-state index in [0.717, 1.165) is 11.2 Å². The second-order valence-electron chi connectivity index (χ2n) is 13.9. The number of rotatable bonds is 1. The molecule has 2 aliphatic rings. The Morgan fingerprint density at radius 3 is 1.76 bits per heavy atom. The highest BCUT2D eigenvalue weighted by atomic mass is 16.3. The normalized spacial score (nSPS) is 15.7. The van der Waals surface area contributed by atoms with Crippen LogP contribution in [0.2, 0.25) is 0 Å². The first-order valence-electron chi connectivity index (χ1n) is 17.4. The van der Waals surface area contributed by atoms with Gasteiger partial charge in [-0.25, -0.2) is 0 Å². The van der Waals surface area contributed by atoms with Crippen LogP contribution in [0, 0.1) is 0 Å². The van der Waals surface area contributed by atoms with Crippen molar-refractivity contribution >= 4 is 54.3 Å². The van der Waals surface area contributed by atoms with Crippen molar-refractivity contribution in [3.05, 3.63) is 192 Å². The highest BCUT2D eigenvalue weighted by molar-refractivity contribution is 6.28. The standard InChI is InChI=1S/C49H28O/c1-2-14-32-29(11-1)24-26-44-47(32)48-37-18-4-3-15-33(37)39(28-45(48)50-44)31-23-25-36-34-16-5-7-20-40(34)49(43(36)27-31)41-21-8-6-17-35(41)38-19-9-12-30-13-10-22-42(49)46(30)38/h1-28H. The molecule has 50 heavy (non-hydrogen) atoms. The van der Waals surface area contributed by atoms with Crippen LogP contribution in [0.5, 0.6) is 0 Å². The molecule has 1 unspecified atom stereocenters. The largest absolute Gasteiger partial charge is 0.456 e. The monoisotopic (exact) mass is 632 g/mol. The molecule has 0 bridgehead atoms. The predicted molar refractivity (Wildman–Crippen MR) is 208 cm³/mol. The molecule has 1 heteroatoms. The first kappa shape index (κ1) is 26.5. The van der Waals surface area contributed by atoms with Crippen LogP contribution in [0.4, 0.5) is 0 Å². The molecule has 0 N–H and O–H groups in total. The lowest BCUT2D eigenvalue weighted by Crippen LogP contribution is -2.31. The Morgan fingerprint density at radius 1 is 0.320 bits per heavy atom. The third-order valence-electron chi connectivity index (χ3n) is 11.7. The second-order valence-corrected chi connectivity index (χ2v) is 13.9. The lowest BCUT2D eigenvalue weighted by atomic mass is 9.61. The van der Waals surface area contributed by atoms with Crippen molar-refractivity contribution in [1.29, 1.82) is 0 Å². The van der Waals surface area contributed by atoms with E-state index in [1.807, 2.05) is 0 Å². The Morgan fingerprint density at radius 2 is 0.920 bits per heavy atom. The highest BCUT2D eigenvalue weighted by Crippen LogP contribution is 2.62. The molecule has 0 saturated heterocycles. The Balaban J connectivity index is 1.20. The van der Waals surface area contributed by atoms with Crippen LogP contribution in [0.3, 0.4) is 0 Å². The van der Waals surface area contributed by atoms with Crippen molar-refractivity contribution in [1.82, 2.24) is 0 Å². The fraction of sp³-hybridized carbons (Fsp3) is 0.0204. The van der Waals surface area contributed by atoms with Gasteiger partial charge < -0.3 is 4.42 Å². The first-order valence-corrected chi connectivity index (χ1v) is 17.4. The molecule has 1 spiro atoms. The van der Waals surface area contributed by atoms with Gasteiger partial charge in [0.15, 0.2) is 0 Å². The molecule has 1 atom stereocenters. The van der Waals surface area contributed by atoms with E-state index in [0.29, 0.717) is 0 Å². The lowest BCUT2D eigenvalue weighted by molar-refractivity contribution is 0.669. The van der Waals surface area contributed by atoms with Gasteiger partial charge in [0.25, 0.3) is 0 Å². The summed E-state index contributed by atoms with van der Waals surface area (Å²) in [6, 6.07) is 63.1. The Kier molecular flexibility index (Phi) is 4.97. The maximum atomic E-state index is 6.71. The number of furan rings is 1. The van der Waals surface area contributed by atoms with E-state index in [1.54, 1.807) is 0 Å². The van der Waals surface area contributed by atoms with Gasteiger partial charge in [-0.15, -0.1) is 0 Å². The third-order valence-corrected chi connectivity index (χ3v) is 11.7. The van der Waals surface area contributed by atoms with Gasteiger partial charge in [-0.3, -0.25) is 0 Å². The van der Waals surface area contributed by atoms with Crippen molar-refractivity contribution < 1.29 is 4.42 Å². The van der Waals surface area contributed by atoms with Crippen molar-refractivity contribution in [2.45, 2.75) is 5.41 Å². The summed E-state index contributed by atoms with van der Waals surface area (Å²) in [6.07, 6.45) is 0. The molecule has 1 nitrogen and oxygen atoms in total. The number of hydrogen-bond acceptors (Lipinski definition) is 1. The topological polar surface area (TPSA) is 13.1 Å². The summed E-state index contributed by atoms with van der Waals surface area (Å²) in [7, 11) is 0. The van der Waals surface area contributed by atoms with Gasteiger partial charge in [-0.1, -0.05) is 152 Å². The van der Waals surface area contributed by atoms with Crippen LogP contribution >= 0.6 is 0 Å². The maximum Gasteiger partial charge on any atom is 0.136 e. The minimum Gasteiger partial charge on any atom is -0.456 e. The molecule has 9 aromatic carbocycles. The average Bonchev–Trinajstić information content (AvgIpc) is 3.71. The Bertz CT molecular complexity index is 3100. The van der Waals surface area contributed by atoms with E-state index in [4.69, 9.17) is 4.42 Å². The van der Waals surface area contributed by atoms with Crippen LogP contribution < -0.4 is 0 Å². The van der Waals surface area contributed by atoms with Gasteiger partial charge >= 0.3 is 0 Å². The summed E-state index contributed by atoms with van der Waals surface area (Å²) in [5, 5.41) is 9.91. The van der Waals surface area contributed by atoms with Gasteiger partial charge in [-0.05, 0) is 106 Å². The molecule has 0 aliphatic heterocycles. The zero-order chi connectivity index (χ0) is 32.6. The van der Waals surface area contributed by atoms with Gasteiger partial charge in [0.2, 0.25) is 0 Å². The zero-order valence-electron chi connectivity index (χ0n) is 27.1. The second kappa shape index (κ2) is 9.37. The molecule has 12 rings (SSSR count). The van der Waals surface area contributed by atoms with E-state index in [1.165, 1.54) is 98.7 Å². The minimum absolute atomic E-state index is 0.454. The van der Waals surface area contributed by atoms with E-state index in [9.17, 15) is 0 Å². The molecule has 0 saturated carbocycles. The van der Waals surface area contributed by atoms with Gasteiger partial charge in [0, 0.05) is 10.8 Å². The van der Waals surface area contributed by atoms with Crippen LogP contribution in [-0.4, -0.2) is 0 Å². The Labute approximate surface area is 288 Å². The van der Waals surface area contributed by atoms with Crippen LogP contribution in [0.15, 0.2) is 174 Å². The number of hydrogen-bond donors (Lipinski definition) is 0. The van der Waals surface area contributed by atoms with Gasteiger partial charge in [-0.2, -0.15) is 0 Å². The first-order chi connectivity index (χ1) is 24.8. The molecule has 0 radical (unpaired) electrons. The van der Waals surface area contributed by atoms with Gasteiger partial charge in [0.1, 0.15) is 11.2 Å². The van der Waals surface area contributed by atoms with E-state index < -0.39 is 5.41 Å². The summed E-state index contributed by atoms with van der Waals surface area (Å²) in [4.78, 5) is 0. The molecule has 2 aliphatic carbocycles. The molecule has 1 aromatic heterocycles. The van der Waals surface area contributed by atoms with Crippen molar-refractivity contribution in [3.8, 4) is 33.4 Å². The summed E-state index contributed by atoms with van der Waals surface area (Å²) in [5.41, 5.74) is 14.4. The summed E-state index contributed by atoms with van der Waals surface area (Å²) < 4.78 is 6.71. The molecule has 230 valence electrons. The molecule has 10 aromatic rings. The zero-order valence-corrected chi connectivity index (χ0v) is 27.1. The fourth-order valence-corrected chi connectivity index (χ4v) is 9.74. The third kappa shape index (κ3) is 3.14. The summed E-state index contributed by atoms with van der Waals surface area (Å²) in [6.45, 7) is 0. The highest BCUT2D eigenvalue weighted by Gasteiger charge is 2.50. The lowest BCUT2D eigenvalue weighted by Gasteiger charge is -2.40. The summed E-state index contributed by atoms with van der Waals surface area (Å²) >= 11 is 0. The van der Waals surface area contributed by atoms with Crippen molar-refractivity contribution in [3.63, 3.8) is 0 Å². The van der Waals surface area contributed by atoms with Crippen molar-refractivity contribution in [2.75, 3.05) is 0 Å². The van der Waals surface area contributed by atoms with Crippen LogP contribution in [0.1, 0.15) is 22.3 Å². The van der Waals surface area contributed by atoms with Gasteiger partial charge in [0.05, 0.1) is 5.41 Å². The molecular formula is C49H28O. The molecular weight excluding hydrogens is 605 g/mol. The average molecular weight is 633 g/mol. The number of benzene rings is 9.